The molecule has 0 aromatic heterocycles. The molecule has 6 aliphatic heterocycles. The average Bonchev–Trinajstić information content (AvgIpc) is 2.35. The Labute approximate surface area is 166 Å². The van der Waals surface area contributed by atoms with Crippen LogP contribution in [0.1, 0.15) is 0 Å². The second-order valence-corrected chi connectivity index (χ2v) is 36.8. The predicted octanol–water partition coefficient (Wildman–Crippen LogP) is 0.872. The topological polar surface area (TPSA) is 102 Å². The summed E-state index contributed by atoms with van der Waals surface area (Å²) in [4.78, 5) is 0. The van der Waals surface area contributed by atoms with Crippen LogP contribution in [-0.4, -0.2) is 69.0 Å². The molecule has 8 bridgehead atoms. The van der Waals surface area contributed by atoms with E-state index in [9.17, 15) is 0 Å². The van der Waals surface area contributed by atoms with Gasteiger partial charge in [-0.3, -0.25) is 0 Å². The monoisotopic (exact) mass is 520 g/mol. The van der Waals surface area contributed by atoms with Crippen molar-refractivity contribution < 1.29 is 45.3 Å². The first-order chi connectivity index (χ1) is 12.0. The molecule has 0 radical (unpaired) electrons. The number of hydrogen-bond donors (Lipinski definition) is 0. The summed E-state index contributed by atoms with van der Waals surface area (Å²) in [5.41, 5.74) is 0. The maximum absolute atomic E-state index is 6.61. The molecule has 0 N–H and O–H groups in total. The lowest BCUT2D eigenvalue weighted by Gasteiger charge is -2.52. The Morgan fingerprint density at radius 3 is 0.593 bits per heavy atom. The van der Waals surface area contributed by atoms with Gasteiger partial charge in [0.05, 0.1) is 0 Å². The molecule has 19 heteroatoms. The Balaban J connectivity index is 1.84. The summed E-state index contributed by atoms with van der Waals surface area (Å²) >= 11 is 0. The molecule has 4 atom stereocenters. The fraction of sp³-hybridized carbons (Fsp3) is 1.00. The first-order valence-corrected chi connectivity index (χ1v) is 27.7. The number of rotatable bonds is 0. The molecule has 27 heavy (non-hydrogen) atoms. The number of hydrogen-bond acceptors (Lipinski definition) is 11. The summed E-state index contributed by atoms with van der Waals surface area (Å²) in [6.45, 7) is 14.7. The van der Waals surface area contributed by atoms with Crippen LogP contribution in [0.3, 0.4) is 0 Å². The zero-order valence-electron chi connectivity index (χ0n) is 16.5. The van der Waals surface area contributed by atoms with Crippen LogP contribution in [0.4, 0.5) is 0 Å². The Morgan fingerprint density at radius 2 is 0.407 bits per heavy atom. The summed E-state index contributed by atoms with van der Waals surface area (Å²) in [6, 6.07) is 0. The van der Waals surface area contributed by atoms with Crippen molar-refractivity contribution in [3.05, 3.63) is 0 Å². The van der Waals surface area contributed by atoms with Gasteiger partial charge in [-0.2, -0.15) is 0 Å². The molecule has 4 unspecified atom stereocenters. The van der Waals surface area contributed by atoms with Gasteiger partial charge in [0.1, 0.15) is 0 Å². The van der Waals surface area contributed by atoms with Crippen molar-refractivity contribution in [2.45, 2.75) is 52.4 Å². The van der Waals surface area contributed by atoms with Crippen molar-refractivity contribution >= 4 is 69.0 Å². The first kappa shape index (κ1) is 20.2. The molecule has 0 spiro atoms. The van der Waals surface area contributed by atoms with Crippen LogP contribution in [0.25, 0.3) is 0 Å². The molecular weight excluding hydrogens is 497 g/mol. The summed E-state index contributed by atoms with van der Waals surface area (Å²) in [7, 11) is -26.0. The van der Waals surface area contributed by atoms with Gasteiger partial charge in [0, 0.05) is 39.3 Å². The van der Waals surface area contributed by atoms with E-state index in [2.05, 4.69) is 0 Å². The van der Waals surface area contributed by atoms with Crippen LogP contribution in [0.5, 0.6) is 0 Å². The zero-order chi connectivity index (χ0) is 19.8. The van der Waals surface area contributed by atoms with Crippen LogP contribution in [0, 0.1) is 0 Å². The van der Waals surface area contributed by atoms with E-state index >= 15 is 0 Å². The van der Waals surface area contributed by atoms with Gasteiger partial charge in [0.2, 0.25) is 0 Å². The van der Waals surface area contributed by atoms with E-state index in [1.807, 2.05) is 39.3 Å². The van der Waals surface area contributed by atoms with Gasteiger partial charge in [-0.05, 0) is 13.1 Å². The molecule has 154 valence electrons. The van der Waals surface area contributed by atoms with Crippen molar-refractivity contribution in [2.75, 3.05) is 0 Å². The van der Waals surface area contributed by atoms with E-state index in [1.165, 1.54) is 0 Å². The lowest BCUT2D eigenvalue weighted by Crippen LogP contribution is -2.77. The van der Waals surface area contributed by atoms with E-state index in [4.69, 9.17) is 45.3 Å². The quantitative estimate of drug-likeness (QED) is 0.425. The fourth-order valence-corrected chi connectivity index (χ4v) is 61.9. The SMILES string of the molecule is C[Si]12O[Si]3(C)O[Si]4(C)O[Si](C)(O1)O[Si]1(C)O[Si](C)(O2)O[Si](C)(O3)O[Si]1(C)O4. The molecule has 6 aliphatic rings. The van der Waals surface area contributed by atoms with Gasteiger partial charge >= 0.3 is 69.0 Å². The lowest BCUT2D eigenvalue weighted by atomic mass is 11.9. The van der Waals surface area contributed by atoms with Crippen LogP contribution >= 0.6 is 0 Å². The highest BCUT2D eigenvalue weighted by Crippen LogP contribution is 2.50. The molecule has 11 nitrogen and oxygen atoms in total. The second kappa shape index (κ2) is 5.19. The third kappa shape index (κ3) is 3.00. The Bertz CT molecular complexity index is 630. The van der Waals surface area contributed by atoms with Gasteiger partial charge in [0.25, 0.3) is 0 Å². The fourth-order valence-electron chi connectivity index (χ4n) is 4.56. The minimum atomic E-state index is -3.32. The van der Waals surface area contributed by atoms with E-state index in [0.29, 0.717) is 0 Å². The second-order valence-electron chi connectivity index (χ2n) is 8.19. The maximum atomic E-state index is 6.61. The summed E-state index contributed by atoms with van der Waals surface area (Å²) < 4.78 is 71.4. The minimum absolute atomic E-state index is 1.79. The third-order valence-corrected chi connectivity index (χ3v) is 48.1. The molecular formula is C8H24O11Si8. The molecule has 0 aliphatic carbocycles. The molecule has 0 amide bonds. The van der Waals surface area contributed by atoms with Crippen molar-refractivity contribution in [2.24, 2.45) is 0 Å². The van der Waals surface area contributed by atoms with Crippen molar-refractivity contribution in [1.29, 1.82) is 0 Å². The van der Waals surface area contributed by atoms with Crippen molar-refractivity contribution in [3.8, 4) is 0 Å². The summed E-state index contributed by atoms with van der Waals surface area (Å²) in [6.07, 6.45) is 0. The minimum Gasteiger partial charge on any atom is -0.394 e. The Hall–Kier alpha value is 1.30. The van der Waals surface area contributed by atoms with Crippen molar-refractivity contribution in [3.63, 3.8) is 0 Å². The lowest BCUT2D eigenvalue weighted by molar-refractivity contribution is 0.0359. The highest BCUT2D eigenvalue weighted by molar-refractivity contribution is 7.37. The summed E-state index contributed by atoms with van der Waals surface area (Å²) in [5.74, 6) is 0. The molecule has 6 fully saturated rings. The maximum Gasteiger partial charge on any atom is 0.475 e. The predicted molar refractivity (Wildman–Crippen MR) is 105 cm³/mol. The Kier molecular flexibility index (Phi) is 3.89. The molecule has 6 heterocycles. The highest BCUT2D eigenvalue weighted by atomic mass is 29.3. The van der Waals surface area contributed by atoms with E-state index in [-0.39, 0.29) is 0 Å². The van der Waals surface area contributed by atoms with Crippen LogP contribution < -0.4 is 0 Å². The van der Waals surface area contributed by atoms with E-state index < -0.39 is 69.0 Å². The Morgan fingerprint density at radius 1 is 0.259 bits per heavy atom. The van der Waals surface area contributed by atoms with Crippen LogP contribution in [0.15, 0.2) is 0 Å². The van der Waals surface area contributed by atoms with Crippen LogP contribution in [-0.2, 0) is 45.3 Å². The molecule has 6 saturated heterocycles. The third-order valence-electron chi connectivity index (χ3n) is 4.94. The first-order valence-electron chi connectivity index (χ1n) is 8.74. The highest BCUT2D eigenvalue weighted by Gasteiger charge is 2.82. The van der Waals surface area contributed by atoms with Gasteiger partial charge in [-0.1, -0.05) is 0 Å². The normalized spacial score (nSPS) is 67.6. The van der Waals surface area contributed by atoms with Crippen molar-refractivity contribution in [1.82, 2.24) is 0 Å². The zero-order valence-corrected chi connectivity index (χ0v) is 24.5. The molecule has 0 aromatic rings. The standard InChI is InChI=1S/C8H24O11Si8/c1-20-9-21(2)12-24(5)14-22(3,10-20)16-26(7)17-23(4,11-20)15-25(6,13-21)19-27(26,8)18-24/h1-8H3. The van der Waals surface area contributed by atoms with E-state index in [0.717, 1.165) is 0 Å². The smallest absolute Gasteiger partial charge is 0.394 e. The van der Waals surface area contributed by atoms with Gasteiger partial charge in [0.15, 0.2) is 0 Å². The average molecular weight is 521 g/mol. The molecule has 0 aromatic carbocycles. The van der Waals surface area contributed by atoms with Gasteiger partial charge < -0.3 is 45.3 Å². The summed E-state index contributed by atoms with van der Waals surface area (Å²) in [5, 5.41) is 0. The molecule has 0 saturated carbocycles. The largest absolute Gasteiger partial charge is 0.475 e. The van der Waals surface area contributed by atoms with Gasteiger partial charge in [-0.15, -0.1) is 0 Å². The van der Waals surface area contributed by atoms with Crippen LogP contribution in [0.2, 0.25) is 52.4 Å². The van der Waals surface area contributed by atoms with E-state index in [1.54, 1.807) is 13.1 Å². The molecule has 6 rings (SSSR count). The van der Waals surface area contributed by atoms with Gasteiger partial charge in [-0.25, -0.2) is 0 Å².